The standard InChI is InChI=1S/C14H11ClF2O/c1-8-2-4-12(16)10(6-8)14(18)9-3-5-13(17)11(15)7-9/h2-7,14,18H,1H3. The molecule has 1 nitrogen and oxygen atoms in total. The Morgan fingerprint density at radius 1 is 1.06 bits per heavy atom. The fourth-order valence-corrected chi connectivity index (χ4v) is 1.92. The molecular weight excluding hydrogens is 258 g/mol. The van der Waals surface area contributed by atoms with Gasteiger partial charge in [-0.2, -0.15) is 0 Å². The monoisotopic (exact) mass is 268 g/mol. The first-order valence-electron chi connectivity index (χ1n) is 5.38. The van der Waals surface area contributed by atoms with Gasteiger partial charge in [0.25, 0.3) is 0 Å². The van der Waals surface area contributed by atoms with E-state index in [1.165, 1.54) is 18.2 Å². The minimum absolute atomic E-state index is 0.0976. The second-order valence-electron chi connectivity index (χ2n) is 4.10. The van der Waals surface area contributed by atoms with Crippen molar-refractivity contribution < 1.29 is 13.9 Å². The summed E-state index contributed by atoms with van der Waals surface area (Å²) in [6.07, 6.45) is -1.16. The third-order valence-corrected chi connectivity index (χ3v) is 3.00. The summed E-state index contributed by atoms with van der Waals surface area (Å²) in [6.45, 7) is 1.80. The minimum Gasteiger partial charge on any atom is -0.384 e. The van der Waals surface area contributed by atoms with Crippen molar-refractivity contribution in [1.29, 1.82) is 0 Å². The quantitative estimate of drug-likeness (QED) is 0.873. The highest BCUT2D eigenvalue weighted by Crippen LogP contribution is 2.27. The molecule has 0 aromatic heterocycles. The van der Waals surface area contributed by atoms with E-state index in [2.05, 4.69) is 0 Å². The molecule has 1 N–H and O–H groups in total. The number of benzene rings is 2. The molecule has 0 spiro atoms. The van der Waals surface area contributed by atoms with Crippen molar-refractivity contribution >= 4 is 11.6 Å². The topological polar surface area (TPSA) is 20.2 Å². The molecule has 0 bridgehead atoms. The average molecular weight is 269 g/mol. The van der Waals surface area contributed by atoms with Crippen LogP contribution in [-0.2, 0) is 0 Å². The summed E-state index contributed by atoms with van der Waals surface area (Å²) in [5.41, 5.74) is 1.34. The summed E-state index contributed by atoms with van der Waals surface area (Å²) in [5, 5.41) is 9.99. The number of rotatable bonds is 2. The molecule has 0 aliphatic heterocycles. The van der Waals surface area contributed by atoms with E-state index in [9.17, 15) is 13.9 Å². The molecule has 2 rings (SSSR count). The summed E-state index contributed by atoms with van der Waals surface area (Å²) in [4.78, 5) is 0. The van der Waals surface area contributed by atoms with Crippen LogP contribution >= 0.6 is 11.6 Å². The number of aliphatic hydroxyl groups excluding tert-OH is 1. The predicted octanol–water partition coefficient (Wildman–Crippen LogP) is 4.01. The van der Waals surface area contributed by atoms with Crippen molar-refractivity contribution in [2.75, 3.05) is 0 Å². The first-order valence-corrected chi connectivity index (χ1v) is 5.76. The first kappa shape index (κ1) is 13.0. The molecule has 0 saturated heterocycles. The lowest BCUT2D eigenvalue weighted by Crippen LogP contribution is -2.03. The summed E-state index contributed by atoms with van der Waals surface area (Å²) in [6, 6.07) is 8.28. The highest BCUT2D eigenvalue weighted by Gasteiger charge is 2.16. The van der Waals surface area contributed by atoms with Crippen LogP contribution in [0.3, 0.4) is 0 Å². The Labute approximate surface area is 109 Å². The molecule has 0 saturated carbocycles. The van der Waals surface area contributed by atoms with E-state index in [-0.39, 0.29) is 10.6 Å². The van der Waals surface area contributed by atoms with Crippen molar-refractivity contribution in [3.8, 4) is 0 Å². The predicted molar refractivity (Wildman–Crippen MR) is 66.6 cm³/mol. The van der Waals surface area contributed by atoms with Crippen LogP contribution in [0, 0.1) is 18.6 Å². The van der Waals surface area contributed by atoms with E-state index in [1.54, 1.807) is 19.1 Å². The normalized spacial score (nSPS) is 12.5. The van der Waals surface area contributed by atoms with E-state index in [0.29, 0.717) is 5.56 Å². The van der Waals surface area contributed by atoms with E-state index < -0.39 is 17.7 Å². The Balaban J connectivity index is 2.44. The van der Waals surface area contributed by atoms with Gasteiger partial charge in [-0.15, -0.1) is 0 Å². The van der Waals surface area contributed by atoms with Crippen molar-refractivity contribution in [2.45, 2.75) is 13.0 Å². The maximum absolute atomic E-state index is 13.6. The van der Waals surface area contributed by atoms with Gasteiger partial charge in [0.2, 0.25) is 0 Å². The average Bonchev–Trinajstić information content (AvgIpc) is 2.35. The number of hydrogen-bond donors (Lipinski definition) is 1. The zero-order valence-corrected chi connectivity index (χ0v) is 10.4. The smallest absolute Gasteiger partial charge is 0.141 e. The third-order valence-electron chi connectivity index (χ3n) is 2.71. The number of hydrogen-bond acceptors (Lipinski definition) is 1. The molecule has 0 aliphatic carbocycles. The zero-order valence-electron chi connectivity index (χ0n) is 9.62. The largest absolute Gasteiger partial charge is 0.384 e. The van der Waals surface area contributed by atoms with Crippen LogP contribution in [0.4, 0.5) is 8.78 Å². The number of halogens is 3. The lowest BCUT2D eigenvalue weighted by atomic mass is 9.99. The van der Waals surface area contributed by atoms with E-state index in [1.807, 2.05) is 0 Å². The van der Waals surface area contributed by atoms with Gasteiger partial charge in [0.1, 0.15) is 17.7 Å². The number of aliphatic hydroxyl groups is 1. The molecular formula is C14H11ClF2O. The first-order chi connectivity index (χ1) is 8.49. The van der Waals surface area contributed by atoms with Crippen molar-refractivity contribution in [1.82, 2.24) is 0 Å². The molecule has 0 heterocycles. The van der Waals surface area contributed by atoms with Gasteiger partial charge in [0.05, 0.1) is 5.02 Å². The molecule has 1 atom stereocenters. The Bertz CT molecular complexity index is 584. The molecule has 1 unspecified atom stereocenters. The van der Waals surface area contributed by atoms with Gasteiger partial charge in [-0.1, -0.05) is 35.4 Å². The van der Waals surface area contributed by atoms with Crippen LogP contribution in [0.1, 0.15) is 22.8 Å². The van der Waals surface area contributed by atoms with Crippen LogP contribution in [-0.4, -0.2) is 5.11 Å². The van der Waals surface area contributed by atoms with Crippen molar-refractivity contribution in [3.05, 3.63) is 69.7 Å². The third kappa shape index (κ3) is 2.52. The highest BCUT2D eigenvalue weighted by atomic mass is 35.5. The molecule has 0 radical (unpaired) electrons. The molecule has 0 fully saturated rings. The lowest BCUT2D eigenvalue weighted by molar-refractivity contribution is 0.215. The highest BCUT2D eigenvalue weighted by molar-refractivity contribution is 6.30. The summed E-state index contributed by atoms with van der Waals surface area (Å²) < 4.78 is 26.6. The number of aryl methyl sites for hydroxylation is 1. The molecule has 18 heavy (non-hydrogen) atoms. The Hall–Kier alpha value is -1.45. The van der Waals surface area contributed by atoms with Gasteiger partial charge in [-0.3, -0.25) is 0 Å². The van der Waals surface area contributed by atoms with Gasteiger partial charge in [-0.05, 0) is 30.7 Å². The van der Waals surface area contributed by atoms with Gasteiger partial charge in [0, 0.05) is 5.56 Å². The van der Waals surface area contributed by atoms with Gasteiger partial charge < -0.3 is 5.11 Å². The Kier molecular flexibility index (Phi) is 3.64. The van der Waals surface area contributed by atoms with E-state index in [4.69, 9.17) is 11.6 Å². The van der Waals surface area contributed by atoms with Crippen LogP contribution in [0.2, 0.25) is 5.02 Å². The van der Waals surface area contributed by atoms with Crippen LogP contribution in [0.25, 0.3) is 0 Å². The van der Waals surface area contributed by atoms with E-state index in [0.717, 1.165) is 11.6 Å². The van der Waals surface area contributed by atoms with Crippen molar-refractivity contribution in [2.24, 2.45) is 0 Å². The minimum atomic E-state index is -1.16. The van der Waals surface area contributed by atoms with E-state index >= 15 is 0 Å². The summed E-state index contributed by atoms with van der Waals surface area (Å²) in [7, 11) is 0. The van der Waals surface area contributed by atoms with Crippen molar-refractivity contribution in [3.63, 3.8) is 0 Å². The van der Waals surface area contributed by atoms with Gasteiger partial charge >= 0.3 is 0 Å². The molecule has 0 aliphatic rings. The molecule has 2 aromatic carbocycles. The molecule has 0 amide bonds. The molecule has 2 aromatic rings. The van der Waals surface area contributed by atoms with Gasteiger partial charge in [0.15, 0.2) is 0 Å². The second-order valence-corrected chi connectivity index (χ2v) is 4.51. The van der Waals surface area contributed by atoms with Crippen LogP contribution in [0.15, 0.2) is 36.4 Å². The SMILES string of the molecule is Cc1ccc(F)c(C(O)c2ccc(F)c(Cl)c2)c1. The van der Waals surface area contributed by atoms with Crippen LogP contribution in [0.5, 0.6) is 0 Å². The zero-order chi connectivity index (χ0) is 13.3. The summed E-state index contributed by atoms with van der Waals surface area (Å²) in [5.74, 6) is -1.08. The molecule has 4 heteroatoms. The maximum atomic E-state index is 13.6. The summed E-state index contributed by atoms with van der Waals surface area (Å²) >= 11 is 5.64. The Morgan fingerprint density at radius 2 is 1.72 bits per heavy atom. The maximum Gasteiger partial charge on any atom is 0.141 e. The van der Waals surface area contributed by atoms with Gasteiger partial charge in [-0.25, -0.2) is 8.78 Å². The second kappa shape index (κ2) is 5.04. The molecule has 94 valence electrons. The lowest BCUT2D eigenvalue weighted by Gasteiger charge is -2.13. The fourth-order valence-electron chi connectivity index (χ4n) is 1.73. The fraction of sp³-hybridized carbons (Fsp3) is 0.143. The Morgan fingerprint density at radius 3 is 2.39 bits per heavy atom. The van der Waals surface area contributed by atoms with Crippen LogP contribution < -0.4 is 0 Å².